The number of aliphatic carboxylic acids is 1. The van der Waals surface area contributed by atoms with Gasteiger partial charge >= 0.3 is 16.4 Å². The number of carboxylic acid groups (broad SMARTS) is 1. The number of hydrogen-bond donors (Lipinski definition) is 2. The van der Waals surface area contributed by atoms with E-state index in [4.69, 9.17) is 4.55 Å². The van der Waals surface area contributed by atoms with Crippen LogP contribution in [-0.2, 0) is 19.4 Å². The highest BCUT2D eigenvalue weighted by molar-refractivity contribution is 7.80. The summed E-state index contributed by atoms with van der Waals surface area (Å²) in [6.45, 7) is 6.36. The molecule has 2 fully saturated rings. The molecule has 6 nitrogen and oxygen atoms in total. The molecule has 0 spiro atoms. The van der Waals surface area contributed by atoms with Crippen molar-refractivity contribution in [3.8, 4) is 0 Å². The molecule has 0 aromatic carbocycles. The molecule has 0 heterocycles. The maximum Gasteiger partial charge on any atom is 0.397 e. The van der Waals surface area contributed by atoms with Crippen molar-refractivity contribution in [3.05, 3.63) is 11.6 Å². The van der Waals surface area contributed by atoms with E-state index in [2.05, 4.69) is 24.1 Å². The lowest BCUT2D eigenvalue weighted by atomic mass is 9.45. The van der Waals surface area contributed by atoms with Crippen LogP contribution < -0.4 is 0 Å². The number of hydrogen-bond acceptors (Lipinski definition) is 4. The third-order valence-corrected chi connectivity index (χ3v) is 8.39. The van der Waals surface area contributed by atoms with E-state index in [0.717, 1.165) is 44.9 Å². The molecule has 7 heteroatoms. The van der Waals surface area contributed by atoms with Gasteiger partial charge < -0.3 is 5.11 Å². The molecule has 2 saturated carbocycles. The largest absolute Gasteiger partial charge is 0.481 e. The van der Waals surface area contributed by atoms with E-state index in [9.17, 15) is 18.3 Å². The molecule has 3 rings (SSSR count). The minimum atomic E-state index is -4.39. The molecular weight excluding hydrogens is 368 g/mol. The summed E-state index contributed by atoms with van der Waals surface area (Å²) in [5, 5.41) is 9.89. The van der Waals surface area contributed by atoms with Crippen LogP contribution in [0.2, 0.25) is 0 Å². The van der Waals surface area contributed by atoms with Crippen LogP contribution in [0.15, 0.2) is 11.6 Å². The van der Waals surface area contributed by atoms with Crippen LogP contribution >= 0.6 is 0 Å². The Bertz CT molecular complexity index is 744. The van der Waals surface area contributed by atoms with Crippen molar-refractivity contribution in [2.24, 2.45) is 28.1 Å². The molecule has 0 unspecified atom stereocenters. The molecule has 0 aromatic rings. The summed E-state index contributed by atoms with van der Waals surface area (Å²) in [4.78, 5) is 12.0. The average Bonchev–Trinajstić information content (AvgIpc) is 2.52. The number of fused-ring (bicyclic) bond motifs is 3. The first-order chi connectivity index (χ1) is 12.4. The second kappa shape index (κ2) is 6.85. The quantitative estimate of drug-likeness (QED) is 0.529. The van der Waals surface area contributed by atoms with Crippen LogP contribution in [0, 0.1) is 28.1 Å². The molecule has 0 saturated heterocycles. The molecular formula is C20H32O6S. The van der Waals surface area contributed by atoms with Crippen molar-refractivity contribution in [2.75, 3.05) is 6.61 Å². The first kappa shape index (κ1) is 20.8. The Morgan fingerprint density at radius 3 is 2.59 bits per heavy atom. The van der Waals surface area contributed by atoms with Gasteiger partial charge in [-0.1, -0.05) is 31.9 Å². The molecule has 3 aliphatic carbocycles. The lowest BCUT2D eigenvalue weighted by molar-refractivity contribution is -0.163. The minimum Gasteiger partial charge on any atom is -0.481 e. The van der Waals surface area contributed by atoms with Gasteiger partial charge in [-0.05, 0) is 74.5 Å². The number of carbonyl (C=O) groups is 1. The van der Waals surface area contributed by atoms with Crippen LogP contribution in [0.25, 0.3) is 0 Å². The average molecular weight is 401 g/mol. The van der Waals surface area contributed by atoms with Crippen molar-refractivity contribution in [1.29, 1.82) is 0 Å². The molecule has 5 atom stereocenters. The zero-order valence-corrected chi connectivity index (χ0v) is 17.3. The predicted molar refractivity (Wildman–Crippen MR) is 101 cm³/mol. The van der Waals surface area contributed by atoms with E-state index in [1.54, 1.807) is 0 Å². The van der Waals surface area contributed by atoms with Crippen LogP contribution in [-0.4, -0.2) is 30.7 Å². The van der Waals surface area contributed by atoms with E-state index in [-0.39, 0.29) is 23.4 Å². The summed E-state index contributed by atoms with van der Waals surface area (Å²) in [5.41, 5.74) is 0.714. The van der Waals surface area contributed by atoms with Gasteiger partial charge in [0.1, 0.15) is 0 Å². The van der Waals surface area contributed by atoms with Crippen LogP contribution in [0.1, 0.15) is 72.1 Å². The molecule has 27 heavy (non-hydrogen) atoms. The smallest absolute Gasteiger partial charge is 0.397 e. The third-order valence-electron chi connectivity index (χ3n) is 7.93. The highest BCUT2D eigenvalue weighted by Gasteiger charge is 2.58. The lowest BCUT2D eigenvalue weighted by Crippen LogP contribution is -2.53. The Hall–Kier alpha value is -0.920. The normalized spacial score (nSPS) is 42.0. The van der Waals surface area contributed by atoms with Gasteiger partial charge in [-0.25, -0.2) is 4.18 Å². The SMILES string of the molecule is C[C@]1(CCOS(=O)(=O)O)CC[C@H]2C(=CC[C@@H]3[C@]2(C)CCC[C@]3(C)C(=O)O)C1. The van der Waals surface area contributed by atoms with Gasteiger partial charge in [0.25, 0.3) is 0 Å². The Balaban J connectivity index is 1.78. The Kier molecular flexibility index (Phi) is 5.28. The maximum atomic E-state index is 12.0. The first-order valence-corrected chi connectivity index (χ1v) is 11.3. The maximum absolute atomic E-state index is 12.0. The Labute approximate surface area is 162 Å². The molecule has 0 radical (unpaired) electrons. The Morgan fingerprint density at radius 1 is 1.26 bits per heavy atom. The number of carboxylic acids is 1. The molecule has 2 N–H and O–H groups in total. The summed E-state index contributed by atoms with van der Waals surface area (Å²) >= 11 is 0. The molecule has 0 aliphatic heterocycles. The fourth-order valence-corrected chi connectivity index (χ4v) is 6.64. The minimum absolute atomic E-state index is 0.00966. The van der Waals surface area contributed by atoms with Crippen molar-refractivity contribution in [1.82, 2.24) is 0 Å². The topological polar surface area (TPSA) is 101 Å². The van der Waals surface area contributed by atoms with Gasteiger partial charge in [-0.3, -0.25) is 9.35 Å². The summed E-state index contributed by atoms with van der Waals surface area (Å²) in [6.07, 6.45) is 9.27. The molecule has 0 bridgehead atoms. The van der Waals surface area contributed by atoms with E-state index >= 15 is 0 Å². The fraction of sp³-hybridized carbons (Fsp3) is 0.850. The first-order valence-electron chi connectivity index (χ1n) is 9.94. The van der Waals surface area contributed by atoms with Gasteiger partial charge in [0, 0.05) is 0 Å². The van der Waals surface area contributed by atoms with E-state index < -0.39 is 21.8 Å². The summed E-state index contributed by atoms with van der Waals surface area (Å²) in [6, 6.07) is 0. The van der Waals surface area contributed by atoms with E-state index in [0.29, 0.717) is 12.3 Å². The van der Waals surface area contributed by atoms with Crippen molar-refractivity contribution in [2.45, 2.75) is 72.1 Å². The van der Waals surface area contributed by atoms with E-state index in [1.165, 1.54) is 5.57 Å². The summed E-state index contributed by atoms with van der Waals surface area (Å²) < 4.78 is 34.9. The molecule has 0 aromatic heterocycles. The monoisotopic (exact) mass is 400 g/mol. The lowest BCUT2D eigenvalue weighted by Gasteiger charge is -2.58. The van der Waals surface area contributed by atoms with Crippen LogP contribution in [0.5, 0.6) is 0 Å². The van der Waals surface area contributed by atoms with Crippen molar-refractivity contribution in [3.63, 3.8) is 0 Å². The molecule has 0 amide bonds. The van der Waals surface area contributed by atoms with E-state index in [1.807, 2.05) is 6.92 Å². The standard InChI is InChI=1S/C20H32O6S/c1-18(11-12-26-27(23,24)25)10-7-15-14(13-18)5-6-16-19(15,2)8-4-9-20(16,3)17(21)22/h5,15-16H,4,6-13H2,1-3H3,(H,21,22)(H,23,24,25)/t15-,16+,18+,19+,20-/m0/s1. The highest BCUT2D eigenvalue weighted by Crippen LogP contribution is 2.63. The second-order valence-electron chi connectivity index (χ2n) is 9.73. The Morgan fingerprint density at radius 2 is 1.96 bits per heavy atom. The van der Waals surface area contributed by atoms with Crippen LogP contribution in [0.3, 0.4) is 0 Å². The summed E-state index contributed by atoms with van der Waals surface area (Å²) in [5.74, 6) is -0.0960. The van der Waals surface area contributed by atoms with Gasteiger partial charge in [-0.15, -0.1) is 0 Å². The zero-order valence-electron chi connectivity index (χ0n) is 16.5. The second-order valence-corrected chi connectivity index (χ2v) is 10.8. The third kappa shape index (κ3) is 3.83. The van der Waals surface area contributed by atoms with Gasteiger partial charge in [0.05, 0.1) is 12.0 Å². The van der Waals surface area contributed by atoms with Gasteiger partial charge in [-0.2, -0.15) is 8.42 Å². The number of rotatable bonds is 5. The van der Waals surface area contributed by atoms with Gasteiger partial charge in [0.2, 0.25) is 0 Å². The molecule has 3 aliphatic rings. The number of allylic oxidation sites excluding steroid dienone is 2. The molecule has 154 valence electrons. The van der Waals surface area contributed by atoms with Gasteiger partial charge in [0.15, 0.2) is 0 Å². The summed E-state index contributed by atoms with van der Waals surface area (Å²) in [7, 11) is -4.39. The zero-order chi connectivity index (χ0) is 20.1. The van der Waals surface area contributed by atoms with Crippen LogP contribution in [0.4, 0.5) is 0 Å². The predicted octanol–water partition coefficient (Wildman–Crippen LogP) is 4.23. The van der Waals surface area contributed by atoms with Crippen molar-refractivity contribution >= 4 is 16.4 Å². The van der Waals surface area contributed by atoms with Crippen molar-refractivity contribution < 1.29 is 27.1 Å². The highest BCUT2D eigenvalue weighted by atomic mass is 32.3. The fourth-order valence-electron chi connectivity index (χ4n) is 6.34.